The predicted octanol–water partition coefficient (Wildman–Crippen LogP) is 4.76. The molecule has 6 rings (SSSR count). The van der Waals surface area contributed by atoms with E-state index in [-0.39, 0.29) is 5.82 Å². The first-order chi connectivity index (χ1) is 15.3. The summed E-state index contributed by atoms with van der Waals surface area (Å²) in [7, 11) is 0. The first-order valence-corrected chi connectivity index (χ1v) is 9.62. The molecule has 0 spiro atoms. The number of aromatic amines is 2. The fourth-order valence-corrected chi connectivity index (χ4v) is 3.64. The summed E-state index contributed by atoms with van der Waals surface area (Å²) in [5.41, 5.74) is 6.21. The van der Waals surface area contributed by atoms with Crippen LogP contribution in [-0.4, -0.2) is 35.1 Å². The predicted molar refractivity (Wildman–Crippen MR) is 115 cm³/mol. The van der Waals surface area contributed by atoms with E-state index in [1.165, 1.54) is 12.1 Å². The van der Waals surface area contributed by atoms with E-state index in [1.807, 2.05) is 24.3 Å². The molecular formula is C23H14FN7. The van der Waals surface area contributed by atoms with Gasteiger partial charge in [-0.3, -0.25) is 15.1 Å². The Morgan fingerprint density at radius 2 is 1.71 bits per heavy atom. The van der Waals surface area contributed by atoms with Crippen molar-refractivity contribution in [1.29, 1.82) is 0 Å². The second-order valence-corrected chi connectivity index (χ2v) is 7.08. The van der Waals surface area contributed by atoms with E-state index in [2.05, 4.69) is 30.1 Å². The summed E-state index contributed by atoms with van der Waals surface area (Å²) in [6, 6.07) is 14.0. The quantitative estimate of drug-likeness (QED) is 0.441. The van der Waals surface area contributed by atoms with Gasteiger partial charge in [0.2, 0.25) is 0 Å². The van der Waals surface area contributed by atoms with Crippen molar-refractivity contribution in [2.75, 3.05) is 0 Å². The van der Waals surface area contributed by atoms with Gasteiger partial charge in [0, 0.05) is 41.5 Å². The third-order valence-electron chi connectivity index (χ3n) is 5.15. The summed E-state index contributed by atoms with van der Waals surface area (Å²) in [6.45, 7) is 0. The number of halogens is 1. The lowest BCUT2D eigenvalue weighted by atomic mass is 10.1. The monoisotopic (exact) mass is 407 g/mol. The van der Waals surface area contributed by atoms with Gasteiger partial charge in [0.25, 0.3) is 0 Å². The molecule has 6 aromatic rings. The Bertz CT molecular complexity index is 1540. The van der Waals surface area contributed by atoms with Crippen molar-refractivity contribution < 1.29 is 4.39 Å². The highest BCUT2D eigenvalue weighted by molar-refractivity contribution is 5.96. The zero-order valence-electron chi connectivity index (χ0n) is 16.0. The molecule has 0 aliphatic heterocycles. The number of rotatable bonds is 3. The van der Waals surface area contributed by atoms with Gasteiger partial charge < -0.3 is 4.98 Å². The van der Waals surface area contributed by atoms with Crippen LogP contribution in [0.5, 0.6) is 0 Å². The normalized spacial score (nSPS) is 11.4. The number of hydrogen-bond donors (Lipinski definition) is 2. The van der Waals surface area contributed by atoms with E-state index in [0.29, 0.717) is 28.4 Å². The van der Waals surface area contributed by atoms with Crippen molar-refractivity contribution in [3.05, 3.63) is 79.1 Å². The lowest BCUT2D eigenvalue weighted by Gasteiger charge is -2.01. The highest BCUT2D eigenvalue weighted by atomic mass is 19.1. The standard InChI is InChI=1S/C23H14FN7/c24-16-5-3-13(4-6-16)19-21-18(7-9-26-19)28-23(29-21)20-17-10-15(12-27-22(17)31-30-20)14-2-1-8-25-11-14/h1-12H,(H,28,29)(H,27,30,31). The zero-order chi connectivity index (χ0) is 20.8. The summed E-state index contributed by atoms with van der Waals surface area (Å²) in [5.74, 6) is 0.307. The van der Waals surface area contributed by atoms with Crippen LogP contribution in [0.1, 0.15) is 0 Å². The first kappa shape index (κ1) is 17.4. The number of hydrogen-bond acceptors (Lipinski definition) is 5. The van der Waals surface area contributed by atoms with Gasteiger partial charge in [-0.05, 0) is 42.5 Å². The van der Waals surface area contributed by atoms with Crippen LogP contribution in [0.2, 0.25) is 0 Å². The van der Waals surface area contributed by atoms with Crippen molar-refractivity contribution in [3.8, 4) is 33.9 Å². The molecule has 0 saturated carbocycles. The molecule has 0 atom stereocenters. The molecule has 0 radical (unpaired) electrons. The van der Waals surface area contributed by atoms with Gasteiger partial charge in [0.15, 0.2) is 11.5 Å². The minimum Gasteiger partial charge on any atom is -0.336 e. The number of pyridine rings is 3. The molecular weight excluding hydrogens is 393 g/mol. The van der Waals surface area contributed by atoms with Crippen LogP contribution in [-0.2, 0) is 0 Å². The van der Waals surface area contributed by atoms with Crippen molar-refractivity contribution in [1.82, 2.24) is 35.1 Å². The minimum absolute atomic E-state index is 0.293. The van der Waals surface area contributed by atoms with Gasteiger partial charge in [-0.25, -0.2) is 14.4 Å². The molecule has 1 aromatic carbocycles. The van der Waals surface area contributed by atoms with Crippen molar-refractivity contribution >= 4 is 22.1 Å². The Labute approximate surface area is 175 Å². The second kappa shape index (κ2) is 6.81. The average molecular weight is 407 g/mol. The molecule has 5 aromatic heterocycles. The summed E-state index contributed by atoms with van der Waals surface area (Å²) >= 11 is 0. The maximum Gasteiger partial charge on any atom is 0.159 e. The fourth-order valence-electron chi connectivity index (χ4n) is 3.64. The van der Waals surface area contributed by atoms with E-state index < -0.39 is 0 Å². The molecule has 31 heavy (non-hydrogen) atoms. The number of H-pyrrole nitrogens is 2. The molecule has 0 amide bonds. The SMILES string of the molecule is Fc1ccc(-c2nccc3[nH]c(-c4n[nH]c5ncc(-c6cccnc6)cc45)nc23)cc1. The molecule has 0 aliphatic rings. The molecule has 148 valence electrons. The number of nitrogens with one attached hydrogen (secondary N) is 2. The van der Waals surface area contributed by atoms with Crippen LogP contribution in [0.25, 0.3) is 56.0 Å². The van der Waals surface area contributed by atoms with Gasteiger partial charge in [0.1, 0.15) is 17.0 Å². The highest BCUT2D eigenvalue weighted by Gasteiger charge is 2.17. The number of benzene rings is 1. The molecule has 0 saturated heterocycles. The highest BCUT2D eigenvalue weighted by Crippen LogP contribution is 2.31. The van der Waals surface area contributed by atoms with Crippen LogP contribution in [0.3, 0.4) is 0 Å². The number of nitrogens with zero attached hydrogens (tertiary/aromatic N) is 5. The molecule has 2 N–H and O–H groups in total. The van der Waals surface area contributed by atoms with Crippen LogP contribution in [0.4, 0.5) is 4.39 Å². The largest absolute Gasteiger partial charge is 0.336 e. The number of fused-ring (bicyclic) bond motifs is 2. The van der Waals surface area contributed by atoms with Crippen LogP contribution < -0.4 is 0 Å². The van der Waals surface area contributed by atoms with Gasteiger partial charge in [0.05, 0.1) is 16.6 Å². The van der Waals surface area contributed by atoms with E-state index in [4.69, 9.17) is 4.98 Å². The zero-order valence-corrected chi connectivity index (χ0v) is 16.0. The third kappa shape index (κ3) is 2.93. The topological polar surface area (TPSA) is 96.0 Å². The van der Waals surface area contributed by atoms with Crippen molar-refractivity contribution in [3.63, 3.8) is 0 Å². The summed E-state index contributed by atoms with van der Waals surface area (Å²) < 4.78 is 13.3. The molecule has 0 aliphatic carbocycles. The van der Waals surface area contributed by atoms with E-state index in [9.17, 15) is 4.39 Å². The van der Waals surface area contributed by atoms with Crippen molar-refractivity contribution in [2.24, 2.45) is 0 Å². The molecule has 7 nitrogen and oxygen atoms in total. The van der Waals surface area contributed by atoms with E-state index in [0.717, 1.165) is 27.6 Å². The van der Waals surface area contributed by atoms with E-state index in [1.54, 1.807) is 36.9 Å². The van der Waals surface area contributed by atoms with Gasteiger partial charge in [-0.1, -0.05) is 6.07 Å². The molecule has 0 bridgehead atoms. The second-order valence-electron chi connectivity index (χ2n) is 7.08. The maximum atomic E-state index is 13.3. The van der Waals surface area contributed by atoms with Crippen LogP contribution in [0.15, 0.2) is 73.3 Å². The molecule has 0 unspecified atom stereocenters. The maximum absolute atomic E-state index is 13.3. The Kier molecular flexibility index (Phi) is 3.82. The van der Waals surface area contributed by atoms with Gasteiger partial charge >= 0.3 is 0 Å². The lowest BCUT2D eigenvalue weighted by molar-refractivity contribution is 0.628. The fraction of sp³-hybridized carbons (Fsp3) is 0. The number of aromatic nitrogens is 7. The first-order valence-electron chi connectivity index (χ1n) is 9.62. The van der Waals surface area contributed by atoms with Crippen LogP contribution >= 0.6 is 0 Å². The smallest absolute Gasteiger partial charge is 0.159 e. The molecule has 8 heteroatoms. The number of imidazole rings is 1. The Morgan fingerprint density at radius 3 is 2.55 bits per heavy atom. The Morgan fingerprint density at radius 1 is 0.806 bits per heavy atom. The Hall–Kier alpha value is -4.46. The van der Waals surface area contributed by atoms with Crippen molar-refractivity contribution in [2.45, 2.75) is 0 Å². The lowest BCUT2D eigenvalue weighted by Crippen LogP contribution is -1.86. The molecule has 0 fully saturated rings. The van der Waals surface area contributed by atoms with Gasteiger partial charge in [-0.2, -0.15) is 5.10 Å². The summed E-state index contributed by atoms with van der Waals surface area (Å²) in [6.07, 6.45) is 7.02. The van der Waals surface area contributed by atoms with Gasteiger partial charge in [-0.15, -0.1) is 0 Å². The average Bonchev–Trinajstić information content (AvgIpc) is 3.43. The summed E-state index contributed by atoms with van der Waals surface area (Å²) in [4.78, 5) is 21.2. The van der Waals surface area contributed by atoms with E-state index >= 15 is 0 Å². The minimum atomic E-state index is -0.293. The Balaban J connectivity index is 1.51. The summed E-state index contributed by atoms with van der Waals surface area (Å²) in [5, 5.41) is 8.26. The third-order valence-corrected chi connectivity index (χ3v) is 5.15. The van der Waals surface area contributed by atoms with Crippen LogP contribution in [0, 0.1) is 5.82 Å². The molecule has 5 heterocycles.